The molecule has 0 spiro atoms. The first-order valence-corrected chi connectivity index (χ1v) is 3.21. The fourth-order valence-electron chi connectivity index (χ4n) is 0.641. The molecule has 1 aromatic heterocycles. The van der Waals surface area contributed by atoms with Crippen molar-refractivity contribution in [1.82, 2.24) is 4.98 Å². The van der Waals surface area contributed by atoms with Crippen molar-refractivity contribution in [3.05, 3.63) is 22.8 Å². The van der Waals surface area contributed by atoms with Crippen LogP contribution in [-0.2, 0) is 6.18 Å². The number of alkyl halides is 3. The lowest BCUT2D eigenvalue weighted by Crippen LogP contribution is -2.05. The molecule has 0 saturated heterocycles. The molecule has 0 aromatic carbocycles. The van der Waals surface area contributed by atoms with Crippen LogP contribution in [0, 0.1) is 0 Å². The van der Waals surface area contributed by atoms with Gasteiger partial charge in [-0.15, -0.1) is 0 Å². The Hall–Kier alpha value is -0.970. The van der Waals surface area contributed by atoms with E-state index in [9.17, 15) is 13.2 Å². The van der Waals surface area contributed by atoms with Gasteiger partial charge in [-0.2, -0.15) is 13.2 Å². The van der Waals surface area contributed by atoms with E-state index in [2.05, 4.69) is 4.98 Å². The van der Waals surface area contributed by atoms with E-state index in [1.807, 2.05) is 0 Å². The van der Waals surface area contributed by atoms with Gasteiger partial charge in [0.2, 0.25) is 5.88 Å². The Bertz CT molecular complexity index is 299. The van der Waals surface area contributed by atoms with Crippen LogP contribution in [0.5, 0.6) is 5.88 Å². The summed E-state index contributed by atoms with van der Waals surface area (Å²) in [5.74, 6) is -1.06. The van der Waals surface area contributed by atoms with Gasteiger partial charge < -0.3 is 5.11 Å². The first-order valence-electron chi connectivity index (χ1n) is 2.83. The van der Waals surface area contributed by atoms with Gasteiger partial charge in [0.1, 0.15) is 5.56 Å². The lowest BCUT2D eigenvalue weighted by atomic mass is 10.2. The molecule has 0 amide bonds. The molecular formula is C6H3ClF3NO. The Morgan fingerprint density at radius 2 is 2.00 bits per heavy atom. The number of pyridine rings is 1. The van der Waals surface area contributed by atoms with E-state index in [-0.39, 0.29) is 5.02 Å². The molecule has 1 N–H and O–H groups in total. The van der Waals surface area contributed by atoms with Gasteiger partial charge in [-0.05, 0) is 6.07 Å². The zero-order chi connectivity index (χ0) is 9.35. The standard InChI is InChI=1S/C6H3ClF3NO/c7-3-1-4(6(8,9)10)5(12)11-2-3/h1-2H,(H,11,12). The van der Waals surface area contributed by atoms with Crippen molar-refractivity contribution in [1.29, 1.82) is 0 Å². The van der Waals surface area contributed by atoms with E-state index in [4.69, 9.17) is 16.7 Å². The van der Waals surface area contributed by atoms with Crippen molar-refractivity contribution in [2.24, 2.45) is 0 Å². The molecule has 0 unspecified atom stereocenters. The molecule has 0 atom stereocenters. The van der Waals surface area contributed by atoms with E-state index in [0.717, 1.165) is 6.20 Å². The number of aromatic hydroxyl groups is 1. The van der Waals surface area contributed by atoms with Crippen molar-refractivity contribution in [2.45, 2.75) is 6.18 Å². The third kappa shape index (κ3) is 1.79. The number of halogens is 4. The van der Waals surface area contributed by atoms with Crippen LogP contribution in [0.15, 0.2) is 12.3 Å². The summed E-state index contributed by atoms with van der Waals surface area (Å²) in [6, 6.07) is 0.615. The van der Waals surface area contributed by atoms with Crippen molar-refractivity contribution in [3.63, 3.8) is 0 Å². The molecule has 0 aliphatic heterocycles. The van der Waals surface area contributed by atoms with Crippen molar-refractivity contribution >= 4 is 11.6 Å². The Labute approximate surface area is 70.6 Å². The SMILES string of the molecule is Oc1ncc(Cl)cc1C(F)(F)F. The predicted molar refractivity (Wildman–Crippen MR) is 35.9 cm³/mol. The highest BCUT2D eigenvalue weighted by Gasteiger charge is 2.34. The number of nitrogens with zero attached hydrogens (tertiary/aromatic N) is 1. The molecule has 0 aliphatic carbocycles. The molecule has 0 fully saturated rings. The topological polar surface area (TPSA) is 33.1 Å². The zero-order valence-corrected chi connectivity index (χ0v) is 6.32. The number of rotatable bonds is 0. The number of aromatic nitrogens is 1. The van der Waals surface area contributed by atoms with Crippen LogP contribution >= 0.6 is 11.6 Å². The highest BCUT2D eigenvalue weighted by atomic mass is 35.5. The lowest BCUT2D eigenvalue weighted by molar-refractivity contribution is -0.139. The van der Waals surface area contributed by atoms with Crippen molar-refractivity contribution in [2.75, 3.05) is 0 Å². The summed E-state index contributed by atoms with van der Waals surface area (Å²) in [5, 5.41) is 8.51. The summed E-state index contributed by atoms with van der Waals surface area (Å²) in [5.41, 5.74) is -1.23. The maximum absolute atomic E-state index is 12.0. The molecule has 1 heterocycles. The summed E-state index contributed by atoms with van der Waals surface area (Å²) in [6.07, 6.45) is -3.69. The molecule has 1 rings (SSSR count). The van der Waals surface area contributed by atoms with Crippen molar-refractivity contribution in [3.8, 4) is 5.88 Å². The normalized spacial score (nSPS) is 11.7. The van der Waals surface area contributed by atoms with Crippen LogP contribution in [0.1, 0.15) is 5.56 Å². The van der Waals surface area contributed by atoms with Crippen LogP contribution in [0.4, 0.5) is 13.2 Å². The number of hydrogen-bond acceptors (Lipinski definition) is 2. The van der Waals surface area contributed by atoms with Gasteiger partial charge in [0.05, 0.1) is 5.02 Å². The highest BCUT2D eigenvalue weighted by molar-refractivity contribution is 6.30. The fourth-order valence-corrected chi connectivity index (χ4v) is 0.799. The average Bonchev–Trinajstić information content (AvgIpc) is 1.92. The highest BCUT2D eigenvalue weighted by Crippen LogP contribution is 2.35. The molecule has 0 saturated carbocycles. The first kappa shape index (κ1) is 9.12. The van der Waals surface area contributed by atoms with Crippen LogP contribution in [0.25, 0.3) is 0 Å². The summed E-state index contributed by atoms with van der Waals surface area (Å²) >= 11 is 5.25. The van der Waals surface area contributed by atoms with E-state index >= 15 is 0 Å². The second-order valence-electron chi connectivity index (χ2n) is 2.02. The second kappa shape index (κ2) is 2.82. The third-order valence-electron chi connectivity index (χ3n) is 1.14. The lowest BCUT2D eigenvalue weighted by Gasteiger charge is -2.07. The van der Waals surface area contributed by atoms with E-state index < -0.39 is 17.6 Å². The molecular weight excluding hydrogens is 195 g/mol. The first-order chi connectivity index (χ1) is 5.41. The van der Waals surface area contributed by atoms with Crippen molar-refractivity contribution < 1.29 is 18.3 Å². The Balaban J connectivity index is 3.23. The fraction of sp³-hybridized carbons (Fsp3) is 0.167. The molecule has 0 radical (unpaired) electrons. The van der Waals surface area contributed by atoms with E-state index in [0.29, 0.717) is 6.07 Å². The minimum Gasteiger partial charge on any atom is -0.493 e. The molecule has 12 heavy (non-hydrogen) atoms. The quantitative estimate of drug-likeness (QED) is 0.693. The molecule has 66 valence electrons. The van der Waals surface area contributed by atoms with Gasteiger partial charge in [0, 0.05) is 6.20 Å². The third-order valence-corrected chi connectivity index (χ3v) is 1.35. The molecule has 2 nitrogen and oxygen atoms in total. The Kier molecular flexibility index (Phi) is 2.14. The molecule has 0 bridgehead atoms. The van der Waals surface area contributed by atoms with Gasteiger partial charge in [-0.1, -0.05) is 11.6 Å². The van der Waals surface area contributed by atoms with Gasteiger partial charge in [-0.3, -0.25) is 0 Å². The largest absolute Gasteiger partial charge is 0.493 e. The monoisotopic (exact) mass is 197 g/mol. The van der Waals surface area contributed by atoms with Gasteiger partial charge in [0.25, 0.3) is 0 Å². The predicted octanol–water partition coefficient (Wildman–Crippen LogP) is 2.46. The summed E-state index contributed by atoms with van der Waals surface area (Å²) in [6.45, 7) is 0. The minimum absolute atomic E-state index is 0.167. The maximum atomic E-state index is 12.0. The molecule has 1 aromatic rings. The summed E-state index contributed by atoms with van der Waals surface area (Å²) < 4.78 is 35.9. The van der Waals surface area contributed by atoms with Gasteiger partial charge in [-0.25, -0.2) is 4.98 Å². The number of hydrogen-bond donors (Lipinski definition) is 1. The minimum atomic E-state index is -4.62. The van der Waals surface area contributed by atoms with E-state index in [1.54, 1.807) is 0 Å². The van der Waals surface area contributed by atoms with Crippen LogP contribution in [0.2, 0.25) is 5.02 Å². The smallest absolute Gasteiger partial charge is 0.421 e. The second-order valence-corrected chi connectivity index (χ2v) is 2.46. The average molecular weight is 198 g/mol. The van der Waals surface area contributed by atoms with Crippen LogP contribution in [-0.4, -0.2) is 10.1 Å². The Morgan fingerprint density at radius 3 is 2.42 bits per heavy atom. The van der Waals surface area contributed by atoms with Gasteiger partial charge >= 0.3 is 6.18 Å². The summed E-state index contributed by atoms with van der Waals surface area (Å²) in [7, 11) is 0. The Morgan fingerprint density at radius 1 is 1.42 bits per heavy atom. The van der Waals surface area contributed by atoms with Crippen LogP contribution in [0.3, 0.4) is 0 Å². The zero-order valence-electron chi connectivity index (χ0n) is 5.56. The van der Waals surface area contributed by atoms with Gasteiger partial charge in [0.15, 0.2) is 0 Å². The molecule has 6 heteroatoms. The summed E-state index contributed by atoms with van der Waals surface area (Å²) in [4.78, 5) is 3.05. The van der Waals surface area contributed by atoms with E-state index in [1.165, 1.54) is 0 Å². The van der Waals surface area contributed by atoms with Crippen LogP contribution < -0.4 is 0 Å². The maximum Gasteiger partial charge on any atom is 0.421 e. The molecule has 0 aliphatic rings.